The van der Waals surface area contributed by atoms with E-state index in [4.69, 9.17) is 4.74 Å². The topological polar surface area (TPSA) is 26.3 Å². The second kappa shape index (κ2) is 6.59. The van der Waals surface area contributed by atoms with E-state index in [0.717, 1.165) is 18.4 Å². The highest BCUT2D eigenvalue weighted by atomic mass is 19.1. The van der Waals surface area contributed by atoms with Gasteiger partial charge in [-0.15, -0.1) is 0 Å². The molecule has 0 amide bonds. The normalized spacial score (nSPS) is 25.9. The van der Waals surface area contributed by atoms with Crippen LogP contribution in [0.1, 0.15) is 56.0 Å². The second-order valence-corrected chi connectivity index (χ2v) is 6.75. The number of carbonyl (C=O) groups is 1. The molecule has 1 aromatic rings. The highest BCUT2D eigenvalue weighted by molar-refractivity contribution is 5.89. The van der Waals surface area contributed by atoms with Crippen LogP contribution in [0.3, 0.4) is 0 Å². The van der Waals surface area contributed by atoms with E-state index in [1.165, 1.54) is 18.6 Å². The van der Waals surface area contributed by atoms with Crippen LogP contribution in [0.5, 0.6) is 0 Å². The fraction of sp³-hybridized carbons (Fsp3) is 0.611. The summed E-state index contributed by atoms with van der Waals surface area (Å²) < 4.78 is 19.6. The zero-order valence-corrected chi connectivity index (χ0v) is 13.4. The maximum Gasteiger partial charge on any atom is 0.341 e. The van der Waals surface area contributed by atoms with Crippen molar-refractivity contribution in [3.63, 3.8) is 0 Å². The minimum atomic E-state index is -0.530. The first-order valence-electron chi connectivity index (χ1n) is 7.85. The van der Waals surface area contributed by atoms with E-state index in [-0.39, 0.29) is 11.7 Å². The maximum absolute atomic E-state index is 13.9. The lowest BCUT2D eigenvalue weighted by atomic mass is 9.75. The summed E-state index contributed by atoms with van der Waals surface area (Å²) in [6.07, 6.45) is 3.03. The average Bonchev–Trinajstić information content (AvgIpc) is 2.37. The minimum absolute atomic E-state index is 0.0429. The van der Waals surface area contributed by atoms with Crippen molar-refractivity contribution in [2.75, 3.05) is 0 Å². The molecule has 0 N–H and O–H groups in total. The Morgan fingerprint density at radius 3 is 2.67 bits per heavy atom. The van der Waals surface area contributed by atoms with Crippen LogP contribution in [0.2, 0.25) is 0 Å². The third kappa shape index (κ3) is 3.84. The molecule has 2 rings (SSSR count). The molecule has 3 atom stereocenters. The molecule has 0 bridgehead atoms. The van der Waals surface area contributed by atoms with Crippen molar-refractivity contribution in [2.24, 2.45) is 17.8 Å². The van der Waals surface area contributed by atoms with Gasteiger partial charge in [0.15, 0.2) is 0 Å². The Morgan fingerprint density at radius 1 is 1.33 bits per heavy atom. The second-order valence-electron chi connectivity index (χ2n) is 6.75. The molecule has 0 spiro atoms. The summed E-state index contributed by atoms with van der Waals surface area (Å²) in [6, 6.07) is 4.63. The molecule has 1 aromatic carbocycles. The van der Waals surface area contributed by atoms with Crippen molar-refractivity contribution in [3.05, 3.63) is 35.1 Å². The first-order valence-corrected chi connectivity index (χ1v) is 7.85. The van der Waals surface area contributed by atoms with Gasteiger partial charge in [0.1, 0.15) is 11.9 Å². The van der Waals surface area contributed by atoms with Gasteiger partial charge < -0.3 is 4.74 Å². The van der Waals surface area contributed by atoms with Crippen molar-refractivity contribution >= 4 is 5.97 Å². The van der Waals surface area contributed by atoms with Crippen LogP contribution in [-0.4, -0.2) is 12.1 Å². The van der Waals surface area contributed by atoms with E-state index in [1.807, 2.05) is 0 Å². The van der Waals surface area contributed by atoms with Crippen LogP contribution in [-0.2, 0) is 4.74 Å². The molecule has 2 nitrogen and oxygen atoms in total. The number of esters is 1. The van der Waals surface area contributed by atoms with Crippen LogP contribution in [0.4, 0.5) is 4.39 Å². The smallest absolute Gasteiger partial charge is 0.341 e. The Hall–Kier alpha value is -1.38. The third-order valence-electron chi connectivity index (χ3n) is 4.56. The van der Waals surface area contributed by atoms with Gasteiger partial charge in [-0.05, 0) is 55.2 Å². The lowest BCUT2D eigenvalue weighted by molar-refractivity contribution is -0.0177. The molecule has 21 heavy (non-hydrogen) atoms. The van der Waals surface area contributed by atoms with Crippen molar-refractivity contribution < 1.29 is 13.9 Å². The Kier molecular flexibility index (Phi) is 5.02. The summed E-state index contributed by atoms with van der Waals surface area (Å²) in [5.74, 6) is 0.375. The quantitative estimate of drug-likeness (QED) is 0.751. The lowest BCUT2D eigenvalue weighted by Gasteiger charge is -2.36. The van der Waals surface area contributed by atoms with E-state index in [1.54, 1.807) is 13.0 Å². The molecule has 0 aromatic heterocycles. The van der Waals surface area contributed by atoms with Crippen molar-refractivity contribution in [1.29, 1.82) is 0 Å². The average molecular weight is 292 g/mol. The highest BCUT2D eigenvalue weighted by Crippen LogP contribution is 2.35. The fourth-order valence-corrected chi connectivity index (χ4v) is 3.24. The minimum Gasteiger partial charge on any atom is -0.458 e. The van der Waals surface area contributed by atoms with Gasteiger partial charge >= 0.3 is 5.97 Å². The van der Waals surface area contributed by atoms with Gasteiger partial charge in [-0.3, -0.25) is 0 Å². The number of rotatable bonds is 3. The molecule has 3 heteroatoms. The number of hydrogen-bond acceptors (Lipinski definition) is 2. The van der Waals surface area contributed by atoms with E-state index < -0.39 is 11.8 Å². The zero-order chi connectivity index (χ0) is 15.6. The van der Waals surface area contributed by atoms with Gasteiger partial charge in [0, 0.05) is 0 Å². The van der Waals surface area contributed by atoms with E-state index in [9.17, 15) is 9.18 Å². The molecule has 116 valence electrons. The summed E-state index contributed by atoms with van der Waals surface area (Å²) in [5.41, 5.74) is 0.844. The Morgan fingerprint density at radius 2 is 2.05 bits per heavy atom. The maximum atomic E-state index is 13.9. The fourth-order valence-electron chi connectivity index (χ4n) is 3.24. The van der Waals surface area contributed by atoms with Crippen LogP contribution < -0.4 is 0 Å². The van der Waals surface area contributed by atoms with Gasteiger partial charge in [0.2, 0.25) is 0 Å². The number of hydrogen-bond donors (Lipinski definition) is 0. The van der Waals surface area contributed by atoms with Crippen molar-refractivity contribution in [1.82, 2.24) is 0 Å². The van der Waals surface area contributed by atoms with Gasteiger partial charge in [-0.2, -0.15) is 0 Å². The molecular weight excluding hydrogens is 267 g/mol. The standard InChI is InChI=1S/C18H25FO2/c1-11(2)14-7-5-13(4)10-17(14)21-18(20)15-8-6-12(3)9-16(15)19/h6,8-9,11,13-14,17H,5,7,10H2,1-4H3. The molecule has 3 unspecified atom stereocenters. The Balaban J connectivity index is 2.12. The zero-order valence-electron chi connectivity index (χ0n) is 13.4. The molecule has 1 aliphatic carbocycles. The number of carbonyl (C=O) groups excluding carboxylic acids is 1. The van der Waals surface area contributed by atoms with Crippen LogP contribution in [0, 0.1) is 30.5 Å². The largest absolute Gasteiger partial charge is 0.458 e. The van der Waals surface area contributed by atoms with Gasteiger partial charge in [-0.25, -0.2) is 9.18 Å². The first-order chi connectivity index (χ1) is 9.88. The van der Waals surface area contributed by atoms with Gasteiger partial charge in [0.25, 0.3) is 0 Å². The van der Waals surface area contributed by atoms with E-state index in [0.29, 0.717) is 17.8 Å². The number of halogens is 1. The molecular formula is C18H25FO2. The molecule has 1 aliphatic rings. The van der Waals surface area contributed by atoms with Crippen LogP contribution in [0.15, 0.2) is 18.2 Å². The lowest BCUT2D eigenvalue weighted by Crippen LogP contribution is -2.36. The van der Waals surface area contributed by atoms with E-state index in [2.05, 4.69) is 20.8 Å². The summed E-state index contributed by atoms with van der Waals surface area (Å²) in [4.78, 5) is 12.3. The van der Waals surface area contributed by atoms with Crippen molar-refractivity contribution in [2.45, 2.75) is 53.1 Å². The molecule has 1 fully saturated rings. The molecule has 0 radical (unpaired) electrons. The summed E-state index contributed by atoms with van der Waals surface area (Å²) in [7, 11) is 0. The third-order valence-corrected chi connectivity index (χ3v) is 4.56. The van der Waals surface area contributed by atoms with Crippen LogP contribution >= 0.6 is 0 Å². The van der Waals surface area contributed by atoms with Crippen LogP contribution in [0.25, 0.3) is 0 Å². The summed E-state index contributed by atoms with van der Waals surface area (Å²) >= 11 is 0. The molecule has 1 saturated carbocycles. The Labute approximate surface area is 126 Å². The molecule has 0 heterocycles. The van der Waals surface area contributed by atoms with Gasteiger partial charge in [-0.1, -0.05) is 33.3 Å². The van der Waals surface area contributed by atoms with E-state index >= 15 is 0 Å². The number of aryl methyl sites for hydroxylation is 1. The monoisotopic (exact) mass is 292 g/mol. The highest BCUT2D eigenvalue weighted by Gasteiger charge is 2.33. The number of ether oxygens (including phenoxy) is 1. The molecule has 0 saturated heterocycles. The SMILES string of the molecule is Cc1ccc(C(=O)OC2CC(C)CCC2C(C)C)c(F)c1. The van der Waals surface area contributed by atoms with Crippen molar-refractivity contribution in [3.8, 4) is 0 Å². The summed E-state index contributed by atoms with van der Waals surface area (Å²) in [6.45, 7) is 8.31. The van der Waals surface area contributed by atoms with Gasteiger partial charge in [0.05, 0.1) is 5.56 Å². The first kappa shape index (κ1) is 16.0. The molecule has 0 aliphatic heterocycles. The summed E-state index contributed by atoms with van der Waals surface area (Å²) in [5, 5.41) is 0. The predicted octanol–water partition coefficient (Wildman–Crippen LogP) is 4.75. The predicted molar refractivity (Wildman–Crippen MR) is 81.7 cm³/mol. The number of benzene rings is 1. The Bertz CT molecular complexity index is 510.